The summed E-state index contributed by atoms with van der Waals surface area (Å²) in [6.45, 7) is 0. The van der Waals surface area contributed by atoms with Crippen LogP contribution in [0, 0.1) is 0 Å². The molecule has 0 amide bonds. The summed E-state index contributed by atoms with van der Waals surface area (Å²) in [5.74, 6) is -0.454. The normalized spacial score (nSPS) is 10.0. The second-order valence-electron chi connectivity index (χ2n) is 3.27. The van der Waals surface area contributed by atoms with Crippen LogP contribution in [-0.4, -0.2) is 16.6 Å². The lowest BCUT2D eigenvalue weighted by Gasteiger charge is -1.98. The fourth-order valence-corrected chi connectivity index (χ4v) is 1.31. The molecule has 2 rings (SSSR count). The van der Waals surface area contributed by atoms with Gasteiger partial charge in [0.15, 0.2) is 11.6 Å². The predicted molar refractivity (Wildman–Crippen MR) is 56.2 cm³/mol. The van der Waals surface area contributed by atoms with E-state index < -0.39 is 0 Å². The van der Waals surface area contributed by atoms with Gasteiger partial charge in [-0.15, -0.1) is 0 Å². The predicted octanol–water partition coefficient (Wildman–Crippen LogP) is 2.13. The fourth-order valence-electron chi connectivity index (χ4n) is 1.31. The average Bonchev–Trinajstić information content (AvgIpc) is 2.83. The summed E-state index contributed by atoms with van der Waals surface area (Å²) in [5.41, 5.74) is 0.911. The molecule has 0 aliphatic heterocycles. The minimum atomic E-state index is -0.240. The van der Waals surface area contributed by atoms with Crippen LogP contribution in [0.25, 0.3) is 0 Å². The van der Waals surface area contributed by atoms with Gasteiger partial charge in [-0.3, -0.25) is 14.6 Å². The Morgan fingerprint density at radius 2 is 1.75 bits per heavy atom. The summed E-state index contributed by atoms with van der Waals surface area (Å²) >= 11 is 0. The third-order valence-electron chi connectivity index (χ3n) is 2.17. The van der Waals surface area contributed by atoms with Crippen molar-refractivity contribution < 1.29 is 14.0 Å². The van der Waals surface area contributed by atoms with Crippen LogP contribution in [-0.2, 0) is 0 Å². The maximum absolute atomic E-state index is 11.7. The Balaban J connectivity index is 2.06. The van der Waals surface area contributed by atoms with Crippen LogP contribution in [0.2, 0.25) is 0 Å². The molecule has 0 N–H and O–H groups in total. The van der Waals surface area contributed by atoms with Crippen molar-refractivity contribution in [2.75, 3.05) is 0 Å². The third kappa shape index (κ3) is 2.23. The molecule has 0 bridgehead atoms. The van der Waals surface area contributed by atoms with E-state index in [4.69, 9.17) is 4.42 Å². The molecule has 0 aliphatic rings. The minimum Gasteiger partial charge on any atom is -0.472 e. The van der Waals surface area contributed by atoms with Crippen molar-refractivity contribution in [3.8, 4) is 0 Å². The molecule has 2 aromatic rings. The van der Waals surface area contributed by atoms with E-state index in [2.05, 4.69) is 4.98 Å². The third-order valence-corrected chi connectivity index (χ3v) is 2.17. The highest BCUT2D eigenvalue weighted by atomic mass is 16.3. The van der Waals surface area contributed by atoms with E-state index in [1.807, 2.05) is 0 Å². The number of rotatable bonds is 4. The van der Waals surface area contributed by atoms with Crippen molar-refractivity contribution >= 4 is 11.6 Å². The van der Waals surface area contributed by atoms with Gasteiger partial charge in [0.05, 0.1) is 18.2 Å². The van der Waals surface area contributed by atoms with Gasteiger partial charge in [-0.25, -0.2) is 0 Å². The number of Topliss-reactive ketones (excluding diaryl/α,β-unsaturated/α-hetero) is 2. The van der Waals surface area contributed by atoms with E-state index in [1.165, 1.54) is 24.9 Å². The number of nitrogens with zero attached hydrogens (tertiary/aromatic N) is 1. The summed E-state index contributed by atoms with van der Waals surface area (Å²) < 4.78 is 4.78. The van der Waals surface area contributed by atoms with Gasteiger partial charge >= 0.3 is 0 Å². The van der Waals surface area contributed by atoms with E-state index in [9.17, 15) is 9.59 Å². The van der Waals surface area contributed by atoms with Gasteiger partial charge in [0.25, 0.3) is 0 Å². The monoisotopic (exact) mass is 215 g/mol. The standard InChI is InChI=1S/C12H9NO3/c14-11(9-1-4-13-5-2-9)7-12(15)10-3-6-16-8-10/h1-6,8H,7H2. The van der Waals surface area contributed by atoms with E-state index in [1.54, 1.807) is 18.2 Å². The Bertz CT molecular complexity index is 488. The van der Waals surface area contributed by atoms with E-state index >= 15 is 0 Å². The van der Waals surface area contributed by atoms with Crippen molar-refractivity contribution in [1.82, 2.24) is 4.98 Å². The van der Waals surface area contributed by atoms with Crippen LogP contribution >= 0.6 is 0 Å². The van der Waals surface area contributed by atoms with Gasteiger partial charge in [0.1, 0.15) is 6.26 Å². The zero-order valence-electron chi connectivity index (χ0n) is 8.42. The average molecular weight is 215 g/mol. The number of aromatic nitrogens is 1. The summed E-state index contributed by atoms with van der Waals surface area (Å²) in [7, 11) is 0. The van der Waals surface area contributed by atoms with Crippen LogP contribution in [0.5, 0.6) is 0 Å². The Morgan fingerprint density at radius 1 is 1.06 bits per heavy atom. The maximum Gasteiger partial charge on any atom is 0.173 e. The lowest BCUT2D eigenvalue weighted by Crippen LogP contribution is -2.07. The molecule has 0 unspecified atom stereocenters. The SMILES string of the molecule is O=C(CC(=O)c1ccoc1)c1ccncc1. The van der Waals surface area contributed by atoms with Crippen LogP contribution in [0.3, 0.4) is 0 Å². The lowest BCUT2D eigenvalue weighted by molar-refractivity contribution is 0.0894. The lowest BCUT2D eigenvalue weighted by atomic mass is 10.0. The van der Waals surface area contributed by atoms with Gasteiger partial charge in [-0.05, 0) is 18.2 Å². The first-order valence-corrected chi connectivity index (χ1v) is 4.76. The summed E-state index contributed by atoms with van der Waals surface area (Å²) in [4.78, 5) is 27.1. The molecular formula is C12H9NO3. The molecule has 2 heterocycles. The van der Waals surface area contributed by atoms with Crippen molar-refractivity contribution in [1.29, 1.82) is 0 Å². The van der Waals surface area contributed by atoms with Gasteiger partial charge < -0.3 is 4.42 Å². The number of carbonyl (C=O) groups excluding carboxylic acids is 2. The molecule has 4 nitrogen and oxygen atoms in total. The first-order chi connectivity index (χ1) is 7.77. The van der Waals surface area contributed by atoms with E-state index in [0.29, 0.717) is 11.1 Å². The Labute approximate surface area is 91.9 Å². The molecule has 0 radical (unpaired) electrons. The largest absolute Gasteiger partial charge is 0.472 e. The minimum absolute atomic E-state index is 0.149. The zero-order chi connectivity index (χ0) is 11.4. The topological polar surface area (TPSA) is 60.2 Å². The number of hydrogen-bond donors (Lipinski definition) is 0. The van der Waals surface area contributed by atoms with Crippen molar-refractivity contribution in [2.45, 2.75) is 6.42 Å². The van der Waals surface area contributed by atoms with Crippen LogP contribution < -0.4 is 0 Å². The smallest absolute Gasteiger partial charge is 0.173 e. The van der Waals surface area contributed by atoms with Crippen molar-refractivity contribution in [3.05, 3.63) is 54.2 Å². The number of hydrogen-bond acceptors (Lipinski definition) is 4. The Morgan fingerprint density at radius 3 is 2.38 bits per heavy atom. The van der Waals surface area contributed by atoms with E-state index in [0.717, 1.165) is 0 Å². The maximum atomic E-state index is 11.7. The molecular weight excluding hydrogens is 206 g/mol. The Kier molecular flexibility index (Phi) is 2.91. The highest BCUT2D eigenvalue weighted by molar-refractivity contribution is 6.13. The van der Waals surface area contributed by atoms with E-state index in [-0.39, 0.29) is 18.0 Å². The zero-order valence-corrected chi connectivity index (χ0v) is 8.42. The quantitative estimate of drug-likeness (QED) is 0.579. The van der Waals surface area contributed by atoms with Crippen LogP contribution in [0.1, 0.15) is 27.1 Å². The number of pyridine rings is 1. The second-order valence-corrected chi connectivity index (χ2v) is 3.27. The number of ketones is 2. The first kappa shape index (κ1) is 10.3. The van der Waals surface area contributed by atoms with Gasteiger partial charge in [0.2, 0.25) is 0 Å². The van der Waals surface area contributed by atoms with Crippen LogP contribution in [0.4, 0.5) is 0 Å². The summed E-state index contributed by atoms with van der Waals surface area (Å²) in [5, 5.41) is 0. The number of furan rings is 1. The highest BCUT2D eigenvalue weighted by Crippen LogP contribution is 2.08. The molecule has 16 heavy (non-hydrogen) atoms. The van der Waals surface area contributed by atoms with Gasteiger partial charge in [-0.1, -0.05) is 0 Å². The van der Waals surface area contributed by atoms with Crippen molar-refractivity contribution in [2.24, 2.45) is 0 Å². The summed E-state index contributed by atoms with van der Waals surface area (Å²) in [6.07, 6.45) is 5.64. The molecule has 0 saturated carbocycles. The molecule has 0 spiro atoms. The second kappa shape index (κ2) is 4.53. The van der Waals surface area contributed by atoms with Crippen LogP contribution in [0.15, 0.2) is 47.5 Å². The molecule has 80 valence electrons. The van der Waals surface area contributed by atoms with Gasteiger partial charge in [-0.2, -0.15) is 0 Å². The number of carbonyl (C=O) groups is 2. The molecule has 0 aromatic carbocycles. The molecule has 0 atom stereocenters. The Hall–Kier alpha value is -2.23. The molecule has 2 aromatic heterocycles. The highest BCUT2D eigenvalue weighted by Gasteiger charge is 2.14. The van der Waals surface area contributed by atoms with Gasteiger partial charge in [0, 0.05) is 18.0 Å². The molecule has 0 aliphatic carbocycles. The van der Waals surface area contributed by atoms with Crippen molar-refractivity contribution in [3.63, 3.8) is 0 Å². The summed E-state index contributed by atoms with van der Waals surface area (Å²) in [6, 6.07) is 4.72. The molecule has 0 saturated heterocycles. The fraction of sp³-hybridized carbons (Fsp3) is 0.0833. The molecule has 4 heteroatoms. The first-order valence-electron chi connectivity index (χ1n) is 4.76. The molecule has 0 fully saturated rings.